The van der Waals surface area contributed by atoms with Gasteiger partial charge < -0.3 is 0 Å². The van der Waals surface area contributed by atoms with Gasteiger partial charge in [0.2, 0.25) is 0 Å². The third-order valence-corrected chi connectivity index (χ3v) is 2.02. The lowest BCUT2D eigenvalue weighted by atomic mass is 9.84. The second kappa shape index (κ2) is 2.45. The molecule has 0 saturated carbocycles. The zero-order chi connectivity index (χ0) is 6.81. The van der Waals surface area contributed by atoms with Crippen molar-refractivity contribution in [2.24, 2.45) is 5.92 Å². The molecule has 50 valence electrons. The topological polar surface area (TPSA) is 0 Å². The molecule has 0 saturated heterocycles. The molecule has 0 aromatic heterocycles. The maximum Gasteiger partial charge on any atom is 0.0165 e. The Kier molecular flexibility index (Phi) is 1.46. The third kappa shape index (κ3) is 0.942. The number of rotatable bonds is 0. The molecule has 10 heavy (non-hydrogen) atoms. The van der Waals surface area contributed by atoms with Crippen LogP contribution in [-0.4, -0.2) is 0 Å². The summed E-state index contributed by atoms with van der Waals surface area (Å²) in [4.78, 5) is 0. The molecule has 0 aliphatic heterocycles. The molecule has 0 heteroatoms. The SMILES string of the molecule is [C]1C=CC=C2C=CCCC12. The summed E-state index contributed by atoms with van der Waals surface area (Å²) in [7, 11) is 0. The Labute approximate surface area is 61.9 Å². The lowest BCUT2D eigenvalue weighted by Crippen LogP contribution is -2.07. The Hall–Kier alpha value is -0.780. The highest BCUT2D eigenvalue weighted by Gasteiger charge is 2.15. The zero-order valence-electron chi connectivity index (χ0n) is 5.88. The van der Waals surface area contributed by atoms with Crippen molar-refractivity contribution in [2.45, 2.75) is 12.8 Å². The van der Waals surface area contributed by atoms with Crippen LogP contribution in [0.1, 0.15) is 12.8 Å². The van der Waals surface area contributed by atoms with Gasteiger partial charge in [-0.05, 0) is 24.3 Å². The van der Waals surface area contributed by atoms with E-state index in [0.717, 1.165) is 0 Å². The Balaban J connectivity index is 2.27. The summed E-state index contributed by atoms with van der Waals surface area (Å²) in [6, 6.07) is 0. The van der Waals surface area contributed by atoms with Gasteiger partial charge in [0.05, 0.1) is 0 Å². The van der Waals surface area contributed by atoms with Crippen LogP contribution in [0.5, 0.6) is 0 Å². The lowest BCUT2D eigenvalue weighted by Gasteiger charge is -2.20. The first kappa shape index (κ1) is 5.96. The number of hydrogen-bond acceptors (Lipinski definition) is 0. The van der Waals surface area contributed by atoms with Gasteiger partial charge in [-0.1, -0.05) is 30.4 Å². The number of hydrogen-bond donors (Lipinski definition) is 0. The predicted octanol–water partition coefficient (Wildman–Crippen LogP) is 2.53. The standard InChI is InChI=1S/C10H10/c1-2-6-10-8-4-3-7-9(10)5-1/h1-3,5,7,10H,4,8H2. The molecule has 0 bridgehead atoms. The normalized spacial score (nSPS) is 29.6. The first-order valence-electron chi connectivity index (χ1n) is 3.76. The van der Waals surface area contributed by atoms with Crippen molar-refractivity contribution >= 4 is 0 Å². The van der Waals surface area contributed by atoms with Crippen LogP contribution in [0.25, 0.3) is 0 Å². The molecule has 0 aromatic carbocycles. The zero-order valence-corrected chi connectivity index (χ0v) is 5.88. The molecule has 0 spiro atoms. The summed E-state index contributed by atoms with van der Waals surface area (Å²) in [5.74, 6) is 0.593. The summed E-state index contributed by atoms with van der Waals surface area (Å²) in [5, 5.41) is 0. The minimum Gasteiger partial charge on any atom is -0.0842 e. The molecular weight excluding hydrogens is 120 g/mol. The number of fused-ring (bicyclic) bond motifs is 1. The molecule has 0 amide bonds. The summed E-state index contributed by atoms with van der Waals surface area (Å²) in [5.41, 5.74) is 1.42. The fourth-order valence-corrected chi connectivity index (χ4v) is 1.45. The average Bonchev–Trinajstić information content (AvgIpc) is 2.05. The second-order valence-electron chi connectivity index (χ2n) is 2.72. The van der Waals surface area contributed by atoms with Crippen LogP contribution in [0, 0.1) is 12.3 Å². The van der Waals surface area contributed by atoms with E-state index >= 15 is 0 Å². The first-order valence-corrected chi connectivity index (χ1v) is 3.76. The monoisotopic (exact) mass is 130 g/mol. The molecule has 0 N–H and O–H groups in total. The summed E-state index contributed by atoms with van der Waals surface area (Å²) >= 11 is 0. The number of allylic oxidation sites excluding steroid dienone is 6. The lowest BCUT2D eigenvalue weighted by molar-refractivity contribution is 0.646. The Morgan fingerprint density at radius 2 is 2.50 bits per heavy atom. The van der Waals surface area contributed by atoms with Crippen molar-refractivity contribution in [3.05, 3.63) is 42.4 Å². The van der Waals surface area contributed by atoms with Gasteiger partial charge in [0, 0.05) is 6.42 Å². The highest BCUT2D eigenvalue weighted by Crippen LogP contribution is 2.28. The van der Waals surface area contributed by atoms with Gasteiger partial charge in [-0.15, -0.1) is 0 Å². The van der Waals surface area contributed by atoms with E-state index in [1.54, 1.807) is 0 Å². The first-order chi connectivity index (χ1) is 4.97. The largest absolute Gasteiger partial charge is 0.0842 e. The molecule has 1 atom stereocenters. The minimum atomic E-state index is 0.593. The van der Waals surface area contributed by atoms with Crippen molar-refractivity contribution in [3.8, 4) is 0 Å². The molecule has 0 nitrogen and oxygen atoms in total. The Bertz CT molecular complexity index is 206. The second-order valence-corrected chi connectivity index (χ2v) is 2.72. The van der Waals surface area contributed by atoms with Crippen LogP contribution in [0.4, 0.5) is 0 Å². The smallest absolute Gasteiger partial charge is 0.0165 e. The van der Waals surface area contributed by atoms with Crippen LogP contribution in [0.15, 0.2) is 36.0 Å². The molecular formula is C10H10. The maximum absolute atomic E-state index is 3.32. The van der Waals surface area contributed by atoms with Crippen LogP contribution in [0.2, 0.25) is 0 Å². The van der Waals surface area contributed by atoms with Crippen LogP contribution in [0.3, 0.4) is 0 Å². The van der Waals surface area contributed by atoms with Gasteiger partial charge in [0.25, 0.3) is 0 Å². The van der Waals surface area contributed by atoms with Gasteiger partial charge in [-0.2, -0.15) is 0 Å². The van der Waals surface area contributed by atoms with E-state index in [1.807, 2.05) is 6.08 Å². The van der Waals surface area contributed by atoms with Crippen LogP contribution in [-0.2, 0) is 0 Å². The van der Waals surface area contributed by atoms with E-state index in [4.69, 9.17) is 0 Å². The van der Waals surface area contributed by atoms with Gasteiger partial charge in [0.15, 0.2) is 0 Å². The molecule has 0 fully saturated rings. The van der Waals surface area contributed by atoms with Crippen molar-refractivity contribution in [1.29, 1.82) is 0 Å². The summed E-state index contributed by atoms with van der Waals surface area (Å²) in [6.45, 7) is 0. The molecule has 2 aliphatic rings. The van der Waals surface area contributed by atoms with E-state index in [0.29, 0.717) is 5.92 Å². The van der Waals surface area contributed by atoms with Gasteiger partial charge in [0.1, 0.15) is 0 Å². The molecule has 2 rings (SSSR count). The van der Waals surface area contributed by atoms with Gasteiger partial charge in [-0.25, -0.2) is 0 Å². The van der Waals surface area contributed by atoms with Crippen LogP contribution < -0.4 is 0 Å². The van der Waals surface area contributed by atoms with Crippen molar-refractivity contribution < 1.29 is 0 Å². The van der Waals surface area contributed by atoms with E-state index in [9.17, 15) is 0 Å². The van der Waals surface area contributed by atoms with E-state index in [-0.39, 0.29) is 0 Å². The van der Waals surface area contributed by atoms with Crippen molar-refractivity contribution in [3.63, 3.8) is 0 Å². The summed E-state index contributed by atoms with van der Waals surface area (Å²) < 4.78 is 0. The van der Waals surface area contributed by atoms with E-state index in [2.05, 4.69) is 30.7 Å². The van der Waals surface area contributed by atoms with E-state index in [1.165, 1.54) is 18.4 Å². The van der Waals surface area contributed by atoms with Crippen LogP contribution >= 0.6 is 0 Å². The molecule has 0 heterocycles. The quantitative estimate of drug-likeness (QED) is 0.472. The third-order valence-electron chi connectivity index (χ3n) is 2.02. The highest BCUT2D eigenvalue weighted by molar-refractivity contribution is 5.36. The van der Waals surface area contributed by atoms with Gasteiger partial charge >= 0.3 is 0 Å². The molecule has 2 aliphatic carbocycles. The van der Waals surface area contributed by atoms with Crippen molar-refractivity contribution in [1.82, 2.24) is 0 Å². The molecule has 2 radical (unpaired) electrons. The fourth-order valence-electron chi connectivity index (χ4n) is 1.45. The average molecular weight is 130 g/mol. The van der Waals surface area contributed by atoms with E-state index < -0.39 is 0 Å². The Morgan fingerprint density at radius 3 is 3.40 bits per heavy atom. The predicted molar refractivity (Wildman–Crippen MR) is 42.3 cm³/mol. The highest BCUT2D eigenvalue weighted by atomic mass is 14.2. The fraction of sp³-hybridized carbons (Fsp3) is 0.300. The minimum absolute atomic E-state index is 0.593. The Morgan fingerprint density at radius 1 is 1.50 bits per heavy atom. The molecule has 0 aromatic rings. The molecule has 1 unspecified atom stereocenters. The van der Waals surface area contributed by atoms with Gasteiger partial charge in [-0.3, -0.25) is 0 Å². The van der Waals surface area contributed by atoms with Crippen molar-refractivity contribution in [2.75, 3.05) is 0 Å². The summed E-state index contributed by atoms with van der Waals surface area (Å²) in [6.07, 6.45) is 16.5. The maximum atomic E-state index is 3.32.